The highest BCUT2D eigenvalue weighted by Crippen LogP contribution is 2.44. The molecule has 10 heteroatoms. The van der Waals surface area contributed by atoms with E-state index in [4.69, 9.17) is 14.2 Å². The lowest BCUT2D eigenvalue weighted by Crippen LogP contribution is -2.22. The Kier molecular flexibility index (Phi) is 7.72. The van der Waals surface area contributed by atoms with Crippen LogP contribution in [0.3, 0.4) is 0 Å². The summed E-state index contributed by atoms with van der Waals surface area (Å²) >= 11 is 0. The Morgan fingerprint density at radius 3 is 2.24 bits per heavy atom. The Morgan fingerprint density at radius 2 is 1.62 bits per heavy atom. The minimum atomic E-state index is -4.69. The van der Waals surface area contributed by atoms with Crippen LogP contribution in [0.2, 0.25) is 0 Å². The fourth-order valence-electron chi connectivity index (χ4n) is 4.15. The van der Waals surface area contributed by atoms with E-state index in [9.17, 15) is 27.8 Å². The summed E-state index contributed by atoms with van der Waals surface area (Å²) in [4.78, 5) is 0. The monoisotopic (exact) mass is 519 g/mol. The van der Waals surface area contributed by atoms with Gasteiger partial charge in [-0.3, -0.25) is 0 Å². The van der Waals surface area contributed by atoms with Gasteiger partial charge >= 0.3 is 6.18 Å². The van der Waals surface area contributed by atoms with Crippen molar-refractivity contribution in [1.29, 1.82) is 0 Å². The predicted molar refractivity (Wildman–Crippen MR) is 130 cm³/mol. The molecule has 3 aromatic carbocycles. The molecule has 1 atom stereocenters. The highest BCUT2D eigenvalue weighted by molar-refractivity contribution is 6.00. The number of halogens is 4. The minimum absolute atomic E-state index is 0.0156. The molecule has 0 aromatic heterocycles. The summed E-state index contributed by atoms with van der Waals surface area (Å²) in [5.74, 6) is -0.585. The predicted octanol–water partition coefficient (Wildman–Crippen LogP) is 5.62. The number of fused-ring (bicyclic) bond motifs is 1. The molecule has 0 bridgehead atoms. The van der Waals surface area contributed by atoms with Crippen LogP contribution in [0.4, 0.5) is 23.2 Å². The summed E-state index contributed by atoms with van der Waals surface area (Å²) in [6.45, 7) is 0.154. The summed E-state index contributed by atoms with van der Waals surface area (Å²) in [6, 6.07) is 13.3. The van der Waals surface area contributed by atoms with Crippen molar-refractivity contribution in [1.82, 2.24) is 0 Å². The first kappa shape index (κ1) is 26.5. The molecule has 0 saturated carbocycles. The zero-order valence-electron chi connectivity index (χ0n) is 20.0. The van der Waals surface area contributed by atoms with Crippen LogP contribution in [0.15, 0.2) is 60.7 Å². The van der Waals surface area contributed by atoms with E-state index in [0.29, 0.717) is 39.8 Å². The van der Waals surface area contributed by atoms with Crippen LogP contribution in [0.5, 0.6) is 11.5 Å². The lowest BCUT2D eigenvalue weighted by atomic mass is 9.84. The Labute approximate surface area is 210 Å². The zero-order valence-corrected chi connectivity index (χ0v) is 20.0. The molecule has 37 heavy (non-hydrogen) atoms. The molecule has 0 spiro atoms. The number of aliphatic hydroxyl groups excluding tert-OH is 1. The van der Waals surface area contributed by atoms with Crippen molar-refractivity contribution in [3.8, 4) is 11.5 Å². The molecule has 6 nitrogen and oxygen atoms in total. The van der Waals surface area contributed by atoms with Crippen LogP contribution in [0.25, 0.3) is 11.1 Å². The van der Waals surface area contributed by atoms with E-state index in [2.05, 4.69) is 5.32 Å². The van der Waals surface area contributed by atoms with Gasteiger partial charge < -0.3 is 29.7 Å². The van der Waals surface area contributed by atoms with Gasteiger partial charge in [-0.15, -0.1) is 0 Å². The number of aliphatic hydroxyl groups is 1. The number of nitrogens with one attached hydrogen (secondary N) is 1. The highest BCUT2D eigenvalue weighted by atomic mass is 19.4. The second-order valence-corrected chi connectivity index (χ2v) is 8.35. The maximum Gasteiger partial charge on any atom is 0.416 e. The number of aromatic hydroxyl groups is 1. The van der Waals surface area contributed by atoms with Crippen molar-refractivity contribution in [2.75, 3.05) is 32.7 Å². The van der Waals surface area contributed by atoms with Crippen molar-refractivity contribution in [3.63, 3.8) is 0 Å². The van der Waals surface area contributed by atoms with Crippen molar-refractivity contribution in [2.24, 2.45) is 0 Å². The van der Waals surface area contributed by atoms with Crippen LogP contribution in [-0.4, -0.2) is 43.9 Å². The Morgan fingerprint density at radius 1 is 0.946 bits per heavy atom. The third kappa shape index (κ3) is 5.71. The average Bonchev–Trinajstić information content (AvgIpc) is 2.88. The molecular formula is C27H25F4NO5. The molecule has 0 radical (unpaired) electrons. The Hall–Kier alpha value is -3.60. The Bertz CT molecular complexity index is 1290. The standard InChI is InChI=1S/C27H25F4NO5/c1-35-24(36-2)14-37-18-7-3-15(4-8-18)26(34)25-20-10-6-17(33)12-23(20)32-13-21(25)19-9-5-16(11-22(19)28)27(29,30)31/h3-12,24,26,32-34H,13-14H2,1-2H3/t26-/m1/s1. The lowest BCUT2D eigenvalue weighted by molar-refractivity contribution is -0.137. The van der Waals surface area contributed by atoms with Gasteiger partial charge in [-0.2, -0.15) is 13.2 Å². The summed E-state index contributed by atoms with van der Waals surface area (Å²) in [5.41, 5.74) is 0.844. The quantitative estimate of drug-likeness (QED) is 0.265. The van der Waals surface area contributed by atoms with E-state index < -0.39 is 30.0 Å². The van der Waals surface area contributed by atoms with Crippen LogP contribution in [0, 0.1) is 5.82 Å². The van der Waals surface area contributed by atoms with Crippen molar-refractivity contribution >= 4 is 16.8 Å². The van der Waals surface area contributed by atoms with Gasteiger partial charge in [0.25, 0.3) is 0 Å². The molecule has 3 aromatic rings. The molecule has 196 valence electrons. The van der Waals surface area contributed by atoms with E-state index in [-0.39, 0.29) is 24.5 Å². The molecule has 1 aliphatic rings. The number of phenols is 1. The number of rotatable bonds is 8. The number of benzene rings is 3. The number of ether oxygens (including phenoxy) is 3. The van der Waals surface area contributed by atoms with Gasteiger partial charge in [0.1, 0.15) is 30.0 Å². The van der Waals surface area contributed by atoms with Gasteiger partial charge in [0.2, 0.25) is 0 Å². The first-order chi connectivity index (χ1) is 17.6. The second-order valence-electron chi connectivity index (χ2n) is 8.35. The van der Waals surface area contributed by atoms with Crippen molar-refractivity contribution in [2.45, 2.75) is 18.6 Å². The molecule has 1 heterocycles. The number of hydrogen-bond donors (Lipinski definition) is 3. The Balaban J connectivity index is 1.75. The molecule has 0 saturated heterocycles. The van der Waals surface area contributed by atoms with Crippen LogP contribution in [-0.2, 0) is 15.7 Å². The summed E-state index contributed by atoms with van der Waals surface area (Å²) in [6.07, 6.45) is -6.51. The summed E-state index contributed by atoms with van der Waals surface area (Å²) in [7, 11) is 2.97. The van der Waals surface area contributed by atoms with Crippen molar-refractivity contribution in [3.05, 3.63) is 88.7 Å². The number of phenolic OH excluding ortho intramolecular Hbond substituents is 1. The largest absolute Gasteiger partial charge is 0.508 e. The van der Waals surface area contributed by atoms with Gasteiger partial charge in [0.05, 0.1) is 5.56 Å². The number of alkyl halides is 3. The molecule has 3 N–H and O–H groups in total. The first-order valence-corrected chi connectivity index (χ1v) is 11.3. The fraction of sp³-hybridized carbons (Fsp3) is 0.259. The van der Waals surface area contributed by atoms with E-state index in [1.807, 2.05) is 0 Å². The van der Waals surface area contributed by atoms with E-state index >= 15 is 0 Å². The van der Waals surface area contributed by atoms with Gasteiger partial charge in [-0.05, 0) is 53.1 Å². The second kappa shape index (κ2) is 10.8. The topological polar surface area (TPSA) is 80.2 Å². The van der Waals surface area contributed by atoms with E-state index in [1.54, 1.807) is 30.3 Å². The maximum atomic E-state index is 15.0. The lowest BCUT2D eigenvalue weighted by Gasteiger charge is -2.29. The van der Waals surface area contributed by atoms with Crippen LogP contribution in [0.1, 0.15) is 28.4 Å². The first-order valence-electron chi connectivity index (χ1n) is 11.3. The van der Waals surface area contributed by atoms with Gasteiger partial charge in [0.15, 0.2) is 6.29 Å². The zero-order chi connectivity index (χ0) is 26.7. The molecule has 4 rings (SSSR count). The molecule has 0 fully saturated rings. The highest BCUT2D eigenvalue weighted by Gasteiger charge is 2.33. The van der Waals surface area contributed by atoms with E-state index in [1.165, 1.54) is 26.4 Å². The molecular weight excluding hydrogens is 494 g/mol. The molecule has 0 aliphatic carbocycles. The minimum Gasteiger partial charge on any atom is -0.508 e. The molecule has 0 amide bonds. The normalized spacial score (nSPS) is 14.4. The van der Waals surface area contributed by atoms with Gasteiger partial charge in [-0.1, -0.05) is 18.2 Å². The van der Waals surface area contributed by atoms with Gasteiger partial charge in [0, 0.05) is 43.6 Å². The van der Waals surface area contributed by atoms with Gasteiger partial charge in [-0.25, -0.2) is 4.39 Å². The fourth-order valence-corrected chi connectivity index (χ4v) is 4.15. The SMILES string of the molecule is COC(COc1ccc([C@@H](O)C2=C(c3ccc(C(F)(F)F)cc3F)CNc3cc(O)ccc32)cc1)OC. The molecule has 0 unspecified atom stereocenters. The summed E-state index contributed by atoms with van der Waals surface area (Å²) in [5, 5.41) is 24.4. The number of hydrogen-bond acceptors (Lipinski definition) is 6. The molecule has 1 aliphatic heterocycles. The van der Waals surface area contributed by atoms with E-state index in [0.717, 1.165) is 12.1 Å². The summed E-state index contributed by atoms with van der Waals surface area (Å²) < 4.78 is 70.1. The third-order valence-corrected chi connectivity index (χ3v) is 6.08. The average molecular weight is 519 g/mol. The number of anilines is 1. The van der Waals surface area contributed by atoms with Crippen molar-refractivity contribution < 1.29 is 42.0 Å². The smallest absolute Gasteiger partial charge is 0.416 e. The number of methoxy groups -OCH3 is 2. The van der Waals surface area contributed by atoms with Crippen LogP contribution < -0.4 is 10.1 Å². The third-order valence-electron chi connectivity index (χ3n) is 6.08. The van der Waals surface area contributed by atoms with Crippen LogP contribution >= 0.6 is 0 Å². The maximum absolute atomic E-state index is 15.0.